The maximum Gasteiger partial charge on any atom is 0.130 e. The quantitative estimate of drug-likeness (QED) is 0.839. The number of fused-ring (bicyclic) bond motifs is 1. The van der Waals surface area contributed by atoms with Crippen molar-refractivity contribution in [1.82, 2.24) is 4.98 Å². The van der Waals surface area contributed by atoms with Crippen LogP contribution in [0.25, 0.3) is 10.9 Å². The summed E-state index contributed by atoms with van der Waals surface area (Å²) < 4.78 is 5.96. The molecule has 1 saturated carbocycles. The number of ether oxygens (including phenoxy) is 1. The molecule has 3 rings (SSSR count). The lowest BCUT2D eigenvalue weighted by Gasteiger charge is -2.13. The molecule has 2 N–H and O–H groups in total. The van der Waals surface area contributed by atoms with Gasteiger partial charge in [0.1, 0.15) is 5.75 Å². The zero-order valence-electron chi connectivity index (χ0n) is 10.4. The Bertz CT molecular complexity index is 547. The molecule has 1 aromatic carbocycles. The van der Waals surface area contributed by atoms with E-state index in [1.165, 1.54) is 25.7 Å². The largest absolute Gasteiger partial charge is 0.493 e. The van der Waals surface area contributed by atoms with Crippen molar-refractivity contribution in [2.24, 2.45) is 5.92 Å². The van der Waals surface area contributed by atoms with Gasteiger partial charge < -0.3 is 10.5 Å². The van der Waals surface area contributed by atoms with Gasteiger partial charge >= 0.3 is 0 Å². The van der Waals surface area contributed by atoms with E-state index in [1.54, 1.807) is 6.20 Å². The van der Waals surface area contributed by atoms with Crippen LogP contribution in [0.3, 0.4) is 0 Å². The lowest BCUT2D eigenvalue weighted by molar-refractivity contribution is 0.254. The van der Waals surface area contributed by atoms with Gasteiger partial charge in [-0.15, -0.1) is 0 Å². The molecule has 0 saturated heterocycles. The Labute approximate surface area is 107 Å². The van der Waals surface area contributed by atoms with Crippen LogP contribution in [0.15, 0.2) is 30.5 Å². The number of para-hydroxylation sites is 1. The lowest BCUT2D eigenvalue weighted by atomic mass is 10.1. The van der Waals surface area contributed by atoms with E-state index in [9.17, 15) is 0 Å². The van der Waals surface area contributed by atoms with Gasteiger partial charge in [0.2, 0.25) is 0 Å². The molecular formula is C15H18N2O. The van der Waals surface area contributed by atoms with Crippen LogP contribution < -0.4 is 10.5 Å². The first-order chi connectivity index (χ1) is 8.84. The summed E-state index contributed by atoms with van der Waals surface area (Å²) in [7, 11) is 0. The van der Waals surface area contributed by atoms with Gasteiger partial charge in [-0.05, 0) is 37.0 Å². The molecule has 1 aliphatic carbocycles. The van der Waals surface area contributed by atoms with Gasteiger partial charge in [-0.25, -0.2) is 0 Å². The van der Waals surface area contributed by atoms with Crippen LogP contribution in [0, 0.1) is 5.92 Å². The number of nitrogen functional groups attached to an aromatic ring is 1. The minimum Gasteiger partial charge on any atom is -0.493 e. The number of anilines is 1. The summed E-state index contributed by atoms with van der Waals surface area (Å²) in [5.74, 6) is 1.62. The SMILES string of the molecule is Nc1cccc2c(OCC3CCCC3)ccnc12. The Balaban J connectivity index is 1.85. The van der Waals surface area contributed by atoms with E-state index >= 15 is 0 Å². The van der Waals surface area contributed by atoms with Crippen molar-refractivity contribution in [2.75, 3.05) is 12.3 Å². The van der Waals surface area contributed by atoms with Crippen molar-refractivity contribution in [3.05, 3.63) is 30.5 Å². The van der Waals surface area contributed by atoms with Crippen molar-refractivity contribution in [3.8, 4) is 5.75 Å². The summed E-state index contributed by atoms with van der Waals surface area (Å²) in [6.45, 7) is 0.813. The molecular weight excluding hydrogens is 224 g/mol. The zero-order chi connectivity index (χ0) is 12.4. The molecule has 0 atom stereocenters. The molecule has 1 aliphatic rings. The summed E-state index contributed by atoms with van der Waals surface area (Å²) in [6, 6.07) is 7.76. The third kappa shape index (κ3) is 2.13. The third-order valence-corrected chi connectivity index (χ3v) is 3.71. The summed E-state index contributed by atoms with van der Waals surface area (Å²) in [6.07, 6.45) is 7.05. The van der Waals surface area contributed by atoms with Crippen LogP contribution in [-0.2, 0) is 0 Å². The number of hydrogen-bond donors (Lipinski definition) is 1. The van der Waals surface area contributed by atoms with Crippen LogP contribution in [-0.4, -0.2) is 11.6 Å². The molecule has 0 amide bonds. The van der Waals surface area contributed by atoms with Gasteiger partial charge in [0.05, 0.1) is 17.8 Å². The highest BCUT2D eigenvalue weighted by Gasteiger charge is 2.16. The van der Waals surface area contributed by atoms with Gasteiger partial charge in [-0.2, -0.15) is 0 Å². The van der Waals surface area contributed by atoms with Crippen LogP contribution in [0.1, 0.15) is 25.7 Å². The topological polar surface area (TPSA) is 48.1 Å². The monoisotopic (exact) mass is 242 g/mol. The number of pyridine rings is 1. The summed E-state index contributed by atoms with van der Waals surface area (Å²) >= 11 is 0. The van der Waals surface area contributed by atoms with Crippen LogP contribution >= 0.6 is 0 Å². The van der Waals surface area contributed by atoms with E-state index < -0.39 is 0 Å². The fraction of sp³-hybridized carbons (Fsp3) is 0.400. The number of rotatable bonds is 3. The smallest absolute Gasteiger partial charge is 0.130 e. The molecule has 18 heavy (non-hydrogen) atoms. The van der Waals surface area contributed by atoms with Crippen molar-refractivity contribution in [3.63, 3.8) is 0 Å². The minimum atomic E-state index is 0.707. The molecule has 2 aromatic rings. The zero-order valence-corrected chi connectivity index (χ0v) is 10.4. The van der Waals surface area contributed by atoms with Crippen LogP contribution in [0.5, 0.6) is 5.75 Å². The summed E-state index contributed by atoms with van der Waals surface area (Å²) in [4.78, 5) is 4.32. The first kappa shape index (κ1) is 11.3. The van der Waals surface area contributed by atoms with Crippen LogP contribution in [0.2, 0.25) is 0 Å². The molecule has 0 unspecified atom stereocenters. The Morgan fingerprint density at radius 1 is 1.22 bits per heavy atom. The van der Waals surface area contributed by atoms with Gasteiger partial charge in [0, 0.05) is 11.6 Å². The molecule has 94 valence electrons. The fourth-order valence-corrected chi connectivity index (χ4v) is 2.68. The first-order valence-corrected chi connectivity index (χ1v) is 6.60. The predicted octanol–water partition coefficient (Wildman–Crippen LogP) is 3.39. The van der Waals surface area contributed by atoms with Crippen molar-refractivity contribution in [1.29, 1.82) is 0 Å². The Hall–Kier alpha value is -1.77. The number of nitrogens with zero attached hydrogens (tertiary/aromatic N) is 1. The Kier molecular flexibility index (Phi) is 3.05. The van der Waals surface area contributed by atoms with E-state index in [-0.39, 0.29) is 0 Å². The Morgan fingerprint density at radius 2 is 2.06 bits per heavy atom. The molecule has 3 heteroatoms. The molecule has 3 nitrogen and oxygen atoms in total. The van der Waals surface area contributed by atoms with Crippen molar-refractivity contribution in [2.45, 2.75) is 25.7 Å². The number of aromatic nitrogens is 1. The van der Waals surface area contributed by atoms with Gasteiger partial charge in [0.15, 0.2) is 0 Å². The lowest BCUT2D eigenvalue weighted by Crippen LogP contribution is -2.08. The normalized spacial score (nSPS) is 16.2. The maximum absolute atomic E-state index is 5.96. The second-order valence-corrected chi connectivity index (χ2v) is 5.01. The second kappa shape index (κ2) is 4.84. The molecule has 0 aliphatic heterocycles. The van der Waals surface area contributed by atoms with Crippen LogP contribution in [0.4, 0.5) is 5.69 Å². The highest BCUT2D eigenvalue weighted by Crippen LogP contribution is 2.30. The first-order valence-electron chi connectivity index (χ1n) is 6.60. The number of benzene rings is 1. The number of nitrogens with two attached hydrogens (primary N) is 1. The molecule has 0 bridgehead atoms. The molecule has 0 spiro atoms. The standard InChI is InChI=1S/C15H18N2O/c16-13-7-3-6-12-14(8-9-17-15(12)13)18-10-11-4-1-2-5-11/h3,6-9,11H,1-2,4-5,10,16H2. The highest BCUT2D eigenvalue weighted by molar-refractivity contribution is 5.93. The average Bonchev–Trinajstić information content (AvgIpc) is 2.90. The summed E-state index contributed by atoms with van der Waals surface area (Å²) in [5, 5.41) is 1.01. The molecule has 1 aromatic heterocycles. The maximum atomic E-state index is 5.96. The van der Waals surface area contributed by atoms with E-state index in [0.717, 1.165) is 23.3 Å². The Morgan fingerprint density at radius 3 is 2.89 bits per heavy atom. The third-order valence-electron chi connectivity index (χ3n) is 3.71. The van der Waals surface area contributed by atoms with E-state index in [1.807, 2.05) is 24.3 Å². The van der Waals surface area contributed by atoms with Gasteiger partial charge in [0.25, 0.3) is 0 Å². The molecule has 1 heterocycles. The van der Waals surface area contributed by atoms with Gasteiger partial charge in [-0.3, -0.25) is 4.98 Å². The van der Waals surface area contributed by atoms with E-state index in [4.69, 9.17) is 10.5 Å². The fourth-order valence-electron chi connectivity index (χ4n) is 2.68. The minimum absolute atomic E-state index is 0.707. The molecule has 0 radical (unpaired) electrons. The average molecular weight is 242 g/mol. The predicted molar refractivity (Wildman–Crippen MR) is 73.6 cm³/mol. The molecule has 1 fully saturated rings. The highest BCUT2D eigenvalue weighted by atomic mass is 16.5. The van der Waals surface area contributed by atoms with Crippen molar-refractivity contribution >= 4 is 16.6 Å². The van der Waals surface area contributed by atoms with E-state index in [0.29, 0.717) is 11.6 Å². The number of hydrogen-bond acceptors (Lipinski definition) is 3. The summed E-state index contributed by atoms with van der Waals surface area (Å²) in [5.41, 5.74) is 7.47. The van der Waals surface area contributed by atoms with E-state index in [2.05, 4.69) is 4.98 Å². The second-order valence-electron chi connectivity index (χ2n) is 5.01. The van der Waals surface area contributed by atoms with Crippen molar-refractivity contribution < 1.29 is 4.74 Å². The van der Waals surface area contributed by atoms with Gasteiger partial charge in [-0.1, -0.05) is 18.9 Å².